The smallest absolute Gasteiger partial charge is 0.262 e. The highest BCUT2D eigenvalue weighted by atomic mass is 32.2. The molecule has 2 N–H and O–H groups in total. The molecule has 2 aromatic carbocycles. The molecule has 0 atom stereocenters. The minimum absolute atomic E-state index is 0.0416. The molecule has 2 aromatic rings. The first-order valence-electron chi connectivity index (χ1n) is 7.55. The number of hydrogen-bond donors (Lipinski definition) is 2. The molecule has 0 bridgehead atoms. The second-order valence-corrected chi connectivity index (χ2v) is 8.48. The van der Waals surface area contributed by atoms with Crippen LogP contribution >= 0.6 is 0 Å². The molecule has 0 aliphatic carbocycles. The van der Waals surface area contributed by atoms with Crippen LogP contribution in [0.5, 0.6) is 0 Å². The Balaban J connectivity index is 2.21. The number of nitrogens with one attached hydrogen (secondary N) is 2. The topological polar surface area (TPSA) is 58.2 Å². The molecule has 5 heteroatoms. The van der Waals surface area contributed by atoms with Gasteiger partial charge in [-0.1, -0.05) is 17.7 Å². The molecular formula is C18H24N2O2S. The van der Waals surface area contributed by atoms with E-state index in [1.54, 1.807) is 31.2 Å². The van der Waals surface area contributed by atoms with Crippen LogP contribution in [0, 0.1) is 13.8 Å². The lowest BCUT2D eigenvalue weighted by Crippen LogP contribution is -2.25. The molecule has 124 valence electrons. The van der Waals surface area contributed by atoms with Crippen molar-refractivity contribution in [3.63, 3.8) is 0 Å². The number of hydrogen-bond acceptors (Lipinski definition) is 3. The van der Waals surface area contributed by atoms with Gasteiger partial charge in [0, 0.05) is 16.9 Å². The number of aryl methyl sites for hydroxylation is 2. The van der Waals surface area contributed by atoms with Gasteiger partial charge in [-0.3, -0.25) is 4.72 Å². The molecule has 0 saturated heterocycles. The average molecular weight is 332 g/mol. The lowest BCUT2D eigenvalue weighted by atomic mass is 10.1. The Kier molecular flexibility index (Phi) is 4.71. The number of anilines is 2. The SMILES string of the molecule is Cc1ccc(S(=O)(=O)Nc2ccc(NC(C)(C)C)cc2)c(C)c1. The predicted octanol–water partition coefficient (Wildman–Crippen LogP) is 4.31. The van der Waals surface area contributed by atoms with Crippen LogP contribution in [0.1, 0.15) is 31.9 Å². The van der Waals surface area contributed by atoms with Crippen LogP contribution in [0.25, 0.3) is 0 Å². The summed E-state index contributed by atoms with van der Waals surface area (Å²) in [6, 6.07) is 12.6. The number of benzene rings is 2. The van der Waals surface area contributed by atoms with Gasteiger partial charge in [0.1, 0.15) is 0 Å². The summed E-state index contributed by atoms with van der Waals surface area (Å²) in [7, 11) is -3.58. The standard InChI is InChI=1S/C18H24N2O2S/c1-13-6-11-17(14(2)12-13)23(21,22)20-16-9-7-15(8-10-16)19-18(3,4)5/h6-12,19-20H,1-5H3. The second-order valence-electron chi connectivity index (χ2n) is 6.83. The highest BCUT2D eigenvalue weighted by molar-refractivity contribution is 7.92. The number of rotatable bonds is 4. The van der Waals surface area contributed by atoms with Crippen LogP contribution in [0.2, 0.25) is 0 Å². The van der Waals surface area contributed by atoms with Crippen LogP contribution in [-0.2, 0) is 10.0 Å². The van der Waals surface area contributed by atoms with Gasteiger partial charge in [0.15, 0.2) is 0 Å². The molecule has 0 saturated carbocycles. The van der Waals surface area contributed by atoms with Gasteiger partial charge in [0.2, 0.25) is 0 Å². The Hall–Kier alpha value is -2.01. The summed E-state index contributed by atoms with van der Waals surface area (Å²) in [6.07, 6.45) is 0. The molecule has 0 heterocycles. The fourth-order valence-corrected chi connectivity index (χ4v) is 3.65. The zero-order valence-electron chi connectivity index (χ0n) is 14.3. The van der Waals surface area contributed by atoms with Crippen molar-refractivity contribution >= 4 is 21.4 Å². The highest BCUT2D eigenvalue weighted by Gasteiger charge is 2.17. The summed E-state index contributed by atoms with van der Waals surface area (Å²) in [4.78, 5) is 0.306. The van der Waals surface area contributed by atoms with Gasteiger partial charge in [-0.05, 0) is 70.5 Å². The normalized spacial score (nSPS) is 12.0. The van der Waals surface area contributed by atoms with E-state index in [0.29, 0.717) is 10.6 Å². The molecular weight excluding hydrogens is 308 g/mol. The van der Waals surface area contributed by atoms with E-state index in [1.807, 2.05) is 25.1 Å². The Morgan fingerprint density at radius 1 is 0.870 bits per heavy atom. The van der Waals surface area contributed by atoms with Crippen molar-refractivity contribution in [2.75, 3.05) is 10.0 Å². The van der Waals surface area contributed by atoms with Crippen LogP contribution in [0.15, 0.2) is 47.4 Å². The van der Waals surface area contributed by atoms with Gasteiger partial charge in [0.05, 0.1) is 4.90 Å². The van der Waals surface area contributed by atoms with Gasteiger partial charge in [-0.15, -0.1) is 0 Å². The second kappa shape index (κ2) is 6.24. The maximum atomic E-state index is 12.5. The third-order valence-corrected chi connectivity index (χ3v) is 4.82. The van der Waals surface area contributed by atoms with E-state index in [9.17, 15) is 8.42 Å². The first-order chi connectivity index (χ1) is 10.6. The fraction of sp³-hybridized carbons (Fsp3) is 0.333. The van der Waals surface area contributed by atoms with Crippen LogP contribution < -0.4 is 10.0 Å². The minimum Gasteiger partial charge on any atom is -0.380 e. The molecule has 0 radical (unpaired) electrons. The maximum absolute atomic E-state index is 12.5. The average Bonchev–Trinajstić information content (AvgIpc) is 2.38. The Labute approximate surface area is 139 Å². The Bertz CT molecular complexity index is 789. The lowest BCUT2D eigenvalue weighted by Gasteiger charge is -2.22. The lowest BCUT2D eigenvalue weighted by molar-refractivity contribution is 0.600. The third-order valence-electron chi connectivity index (χ3n) is 3.28. The Morgan fingerprint density at radius 3 is 1.96 bits per heavy atom. The van der Waals surface area contributed by atoms with Crippen molar-refractivity contribution in [1.29, 1.82) is 0 Å². The van der Waals surface area contributed by atoms with Crippen molar-refractivity contribution < 1.29 is 8.42 Å². The van der Waals surface area contributed by atoms with Crippen LogP contribution in [-0.4, -0.2) is 14.0 Å². The van der Waals surface area contributed by atoms with E-state index in [4.69, 9.17) is 0 Å². The first-order valence-corrected chi connectivity index (χ1v) is 9.03. The van der Waals surface area contributed by atoms with Crippen molar-refractivity contribution in [2.24, 2.45) is 0 Å². The summed E-state index contributed by atoms with van der Waals surface area (Å²) in [5.74, 6) is 0. The summed E-state index contributed by atoms with van der Waals surface area (Å²) >= 11 is 0. The molecule has 0 aromatic heterocycles. The third kappa shape index (κ3) is 4.73. The fourth-order valence-electron chi connectivity index (χ4n) is 2.37. The van der Waals surface area contributed by atoms with Gasteiger partial charge in [-0.2, -0.15) is 0 Å². The van der Waals surface area contributed by atoms with Gasteiger partial charge >= 0.3 is 0 Å². The largest absolute Gasteiger partial charge is 0.380 e. The number of sulfonamides is 1. The summed E-state index contributed by atoms with van der Waals surface area (Å²) < 4.78 is 27.7. The van der Waals surface area contributed by atoms with Gasteiger partial charge < -0.3 is 5.32 Å². The molecule has 4 nitrogen and oxygen atoms in total. The summed E-state index contributed by atoms with van der Waals surface area (Å²) in [6.45, 7) is 9.97. The highest BCUT2D eigenvalue weighted by Crippen LogP contribution is 2.22. The minimum atomic E-state index is -3.58. The van der Waals surface area contributed by atoms with Gasteiger partial charge in [-0.25, -0.2) is 8.42 Å². The van der Waals surface area contributed by atoms with Crippen molar-refractivity contribution in [2.45, 2.75) is 45.1 Å². The van der Waals surface area contributed by atoms with E-state index in [0.717, 1.165) is 16.8 Å². The first kappa shape index (κ1) is 17.3. The predicted molar refractivity (Wildman–Crippen MR) is 96.5 cm³/mol. The molecule has 0 amide bonds. The zero-order chi connectivity index (χ0) is 17.3. The van der Waals surface area contributed by atoms with E-state index in [2.05, 4.69) is 30.8 Å². The van der Waals surface area contributed by atoms with E-state index in [-0.39, 0.29) is 5.54 Å². The maximum Gasteiger partial charge on any atom is 0.262 e. The van der Waals surface area contributed by atoms with Gasteiger partial charge in [0.25, 0.3) is 10.0 Å². The van der Waals surface area contributed by atoms with E-state index < -0.39 is 10.0 Å². The van der Waals surface area contributed by atoms with Crippen molar-refractivity contribution in [3.8, 4) is 0 Å². The van der Waals surface area contributed by atoms with Crippen molar-refractivity contribution in [1.82, 2.24) is 0 Å². The molecule has 23 heavy (non-hydrogen) atoms. The zero-order valence-corrected chi connectivity index (χ0v) is 15.1. The summed E-state index contributed by atoms with van der Waals surface area (Å²) in [5.41, 5.74) is 3.24. The van der Waals surface area contributed by atoms with E-state index >= 15 is 0 Å². The summed E-state index contributed by atoms with van der Waals surface area (Å²) in [5, 5.41) is 3.34. The van der Waals surface area contributed by atoms with E-state index in [1.165, 1.54) is 0 Å². The molecule has 0 aliphatic rings. The molecule has 0 fully saturated rings. The molecule has 0 aliphatic heterocycles. The molecule has 0 spiro atoms. The van der Waals surface area contributed by atoms with Crippen LogP contribution in [0.4, 0.5) is 11.4 Å². The quantitative estimate of drug-likeness (QED) is 0.877. The molecule has 2 rings (SSSR count). The van der Waals surface area contributed by atoms with Crippen LogP contribution in [0.3, 0.4) is 0 Å². The Morgan fingerprint density at radius 2 is 1.43 bits per heavy atom. The monoisotopic (exact) mass is 332 g/mol. The van der Waals surface area contributed by atoms with Crippen molar-refractivity contribution in [3.05, 3.63) is 53.6 Å². The molecule has 0 unspecified atom stereocenters.